The van der Waals surface area contributed by atoms with Gasteiger partial charge in [0.1, 0.15) is 0 Å². The van der Waals surface area contributed by atoms with Crippen molar-refractivity contribution in [3.63, 3.8) is 0 Å². The molecule has 0 aliphatic carbocycles. The van der Waals surface area contributed by atoms with E-state index in [0.717, 1.165) is 17.3 Å². The molecule has 0 spiro atoms. The Hall–Kier alpha value is -2.24. The first-order valence-electron chi connectivity index (χ1n) is 10.4. The van der Waals surface area contributed by atoms with Gasteiger partial charge in [-0.3, -0.25) is 0 Å². The van der Waals surface area contributed by atoms with Crippen molar-refractivity contribution >= 4 is 19.1 Å². The van der Waals surface area contributed by atoms with Gasteiger partial charge in [0.25, 0.3) is 0 Å². The van der Waals surface area contributed by atoms with Gasteiger partial charge in [-0.1, -0.05) is 0 Å². The summed E-state index contributed by atoms with van der Waals surface area (Å²) in [5.74, 6) is -0.477. The number of halogens is 1. The Morgan fingerprint density at radius 3 is 2.35 bits per heavy atom. The summed E-state index contributed by atoms with van der Waals surface area (Å²) in [6, 6.07) is 6.56. The van der Waals surface area contributed by atoms with Crippen LogP contribution in [0.2, 0.25) is 10.4 Å². The SMILES string of the molecule is C[As](c1ccc(-c2cc(F)c(-c3cn[nH]c3)cc2O)nn1)C1CC(C)(C)NC(C)(C)C1. The number of H-pyrrole nitrogens is 1. The maximum absolute atomic E-state index is 14.7. The van der Waals surface area contributed by atoms with E-state index in [2.05, 4.69) is 59.1 Å². The second-order valence-corrected chi connectivity index (χ2v) is 14.7. The molecule has 2 aromatic heterocycles. The number of piperidine rings is 1. The molecule has 0 radical (unpaired) electrons. The Kier molecular flexibility index (Phi) is 5.69. The fourth-order valence-corrected chi connectivity index (χ4v) is 9.66. The number of rotatable bonds is 4. The number of nitrogens with one attached hydrogen (secondary N) is 2. The number of benzene rings is 1. The molecular weight excluding hydrogens is 456 g/mol. The van der Waals surface area contributed by atoms with Crippen molar-refractivity contribution in [3.05, 3.63) is 42.5 Å². The molecule has 4 rings (SSSR count). The number of phenolic OH excluding ortho intramolecular Hbond substituents is 1. The Balaban J connectivity index is 1.58. The van der Waals surface area contributed by atoms with Crippen molar-refractivity contribution in [3.8, 4) is 28.1 Å². The number of phenols is 1. The van der Waals surface area contributed by atoms with Gasteiger partial charge in [0, 0.05) is 0 Å². The van der Waals surface area contributed by atoms with Gasteiger partial charge in [-0.15, -0.1) is 0 Å². The average molecular weight is 485 g/mol. The molecule has 8 heteroatoms. The predicted octanol–water partition coefficient (Wildman–Crippen LogP) is 4.02. The van der Waals surface area contributed by atoms with Crippen LogP contribution in [0.5, 0.6) is 5.75 Å². The Morgan fingerprint density at radius 1 is 1.06 bits per heavy atom. The van der Waals surface area contributed by atoms with Crippen molar-refractivity contribution in [2.45, 2.75) is 62.0 Å². The first-order valence-corrected chi connectivity index (χ1v) is 14.3. The van der Waals surface area contributed by atoms with Crippen LogP contribution in [-0.2, 0) is 0 Å². The van der Waals surface area contributed by atoms with E-state index in [-0.39, 0.29) is 22.4 Å². The minimum absolute atomic E-state index is 0.0348. The van der Waals surface area contributed by atoms with Crippen molar-refractivity contribution < 1.29 is 9.50 Å². The number of aromatic hydroxyl groups is 1. The average Bonchev–Trinajstić information content (AvgIpc) is 3.21. The predicted molar refractivity (Wildman–Crippen MR) is 122 cm³/mol. The molecule has 1 fully saturated rings. The Bertz CT molecular complexity index is 1050. The minimum atomic E-state index is -1.42. The van der Waals surface area contributed by atoms with Gasteiger partial charge in [-0.2, -0.15) is 0 Å². The van der Waals surface area contributed by atoms with Crippen LogP contribution >= 0.6 is 0 Å². The van der Waals surface area contributed by atoms with Crippen molar-refractivity contribution in [1.29, 1.82) is 0 Å². The van der Waals surface area contributed by atoms with E-state index in [9.17, 15) is 9.50 Å². The molecule has 1 aliphatic rings. The summed E-state index contributed by atoms with van der Waals surface area (Å²) in [4.78, 5) is 0. The molecular formula is C23H29AsFN5O. The molecule has 1 unspecified atom stereocenters. The van der Waals surface area contributed by atoms with Gasteiger partial charge in [0.05, 0.1) is 0 Å². The van der Waals surface area contributed by atoms with Gasteiger partial charge in [-0.05, 0) is 0 Å². The van der Waals surface area contributed by atoms with Crippen LogP contribution in [0.1, 0.15) is 40.5 Å². The van der Waals surface area contributed by atoms with Crippen LogP contribution in [0.25, 0.3) is 22.4 Å². The number of aromatic nitrogens is 4. The van der Waals surface area contributed by atoms with Crippen molar-refractivity contribution in [1.82, 2.24) is 25.7 Å². The third-order valence-corrected chi connectivity index (χ3v) is 11.0. The van der Waals surface area contributed by atoms with Gasteiger partial charge in [-0.25, -0.2) is 0 Å². The summed E-state index contributed by atoms with van der Waals surface area (Å²) >= 11 is -1.42. The number of aromatic amines is 1. The zero-order valence-corrected chi connectivity index (χ0v) is 20.4. The quantitative estimate of drug-likeness (QED) is 0.486. The third-order valence-electron chi connectivity index (χ3n) is 5.90. The van der Waals surface area contributed by atoms with Crippen LogP contribution in [0, 0.1) is 5.82 Å². The van der Waals surface area contributed by atoms with E-state index >= 15 is 0 Å². The molecule has 1 atom stereocenters. The summed E-state index contributed by atoms with van der Waals surface area (Å²) in [7, 11) is 0. The Morgan fingerprint density at radius 2 is 1.77 bits per heavy atom. The molecule has 3 aromatic rings. The molecule has 0 amide bonds. The van der Waals surface area contributed by atoms with Crippen LogP contribution in [0.3, 0.4) is 0 Å². The number of hydrogen-bond acceptors (Lipinski definition) is 5. The molecule has 31 heavy (non-hydrogen) atoms. The second-order valence-electron chi connectivity index (χ2n) is 9.68. The standard InChI is InChI=1S/C23H29AsFN5O/c1-22(2)10-15(11-23(3,4)30-22)24(5)21-7-6-19(28-29-21)17-8-18(25)16(9-20(17)31)14-12-26-27-13-14/h6-9,12-13,15,30-31H,10-11H2,1-5H3,(H,26,27). The van der Waals surface area contributed by atoms with Crippen molar-refractivity contribution in [2.24, 2.45) is 0 Å². The van der Waals surface area contributed by atoms with E-state index in [4.69, 9.17) is 0 Å². The van der Waals surface area contributed by atoms with Crippen molar-refractivity contribution in [2.75, 3.05) is 0 Å². The molecule has 0 bridgehead atoms. The fraction of sp³-hybridized carbons (Fsp3) is 0.435. The van der Waals surface area contributed by atoms with Crippen LogP contribution < -0.4 is 9.80 Å². The first kappa shape index (κ1) is 22.0. The van der Waals surface area contributed by atoms with Gasteiger partial charge in [0.2, 0.25) is 0 Å². The summed E-state index contributed by atoms with van der Waals surface area (Å²) in [5.41, 5.74) is 4.21. The number of nitrogens with zero attached hydrogens (tertiary/aromatic N) is 3. The van der Waals surface area contributed by atoms with Gasteiger partial charge >= 0.3 is 187 Å². The number of hydrogen-bond donors (Lipinski definition) is 3. The van der Waals surface area contributed by atoms with E-state index in [1.54, 1.807) is 6.20 Å². The van der Waals surface area contributed by atoms with Gasteiger partial charge in [0.15, 0.2) is 0 Å². The molecule has 6 nitrogen and oxygen atoms in total. The first-order chi connectivity index (χ1) is 14.5. The summed E-state index contributed by atoms with van der Waals surface area (Å²) in [5, 5.41) is 29.6. The second kappa shape index (κ2) is 8.03. The van der Waals surface area contributed by atoms with Crippen LogP contribution in [0.4, 0.5) is 4.39 Å². The molecule has 1 saturated heterocycles. The monoisotopic (exact) mass is 485 g/mol. The fourth-order valence-electron chi connectivity index (χ4n) is 4.77. The molecule has 1 aliphatic heterocycles. The van der Waals surface area contributed by atoms with E-state index in [0.29, 0.717) is 21.5 Å². The molecule has 3 heterocycles. The molecule has 164 valence electrons. The molecule has 0 saturated carbocycles. The van der Waals surface area contributed by atoms with Crippen LogP contribution in [0.15, 0.2) is 36.7 Å². The third kappa shape index (κ3) is 4.68. The summed E-state index contributed by atoms with van der Waals surface area (Å²) in [6.45, 7) is 9.07. The zero-order chi connectivity index (χ0) is 22.4. The topological polar surface area (TPSA) is 86.7 Å². The maximum atomic E-state index is 14.7. The Labute approximate surface area is 187 Å². The zero-order valence-electron chi connectivity index (χ0n) is 18.6. The summed E-state index contributed by atoms with van der Waals surface area (Å²) < 4.78 is 16.4. The molecule has 1 aromatic carbocycles. The van der Waals surface area contributed by atoms with E-state index in [1.165, 1.54) is 18.3 Å². The summed E-state index contributed by atoms with van der Waals surface area (Å²) in [6.07, 6.45) is 5.35. The molecule has 3 N–H and O–H groups in total. The van der Waals surface area contributed by atoms with E-state index < -0.39 is 20.5 Å². The van der Waals surface area contributed by atoms with Crippen LogP contribution in [-0.4, -0.2) is 51.2 Å². The normalized spacial score (nSPS) is 19.3. The van der Waals surface area contributed by atoms with E-state index in [1.807, 2.05) is 12.1 Å². The van der Waals surface area contributed by atoms with Gasteiger partial charge < -0.3 is 0 Å².